The number of nitrogens with one attached hydrogen (secondary N) is 1. The number of halogens is 3. The van der Waals surface area contributed by atoms with E-state index in [0.29, 0.717) is 24.4 Å². The van der Waals surface area contributed by atoms with Gasteiger partial charge in [0.15, 0.2) is 0 Å². The van der Waals surface area contributed by atoms with Crippen LogP contribution in [0, 0.1) is 0 Å². The van der Waals surface area contributed by atoms with Gasteiger partial charge >= 0.3 is 18.2 Å². The number of nitrogens with zero attached hydrogens (tertiary/aromatic N) is 3. The van der Waals surface area contributed by atoms with Crippen molar-refractivity contribution < 1.29 is 27.5 Å². The molecule has 0 aromatic heterocycles. The SMILES string of the molecule is CCOC(=O)C1=C(CN2CCN(C)CC2)N(CC)C(=O)N[C@H]1c1ccc(C(F)(F)F)cc1. The lowest BCUT2D eigenvalue weighted by Gasteiger charge is -2.40. The number of hydrogen-bond acceptors (Lipinski definition) is 5. The van der Waals surface area contributed by atoms with Gasteiger partial charge in [-0.2, -0.15) is 13.2 Å². The van der Waals surface area contributed by atoms with Crippen LogP contribution < -0.4 is 5.32 Å². The average Bonchev–Trinajstić information content (AvgIpc) is 2.74. The Morgan fingerprint density at radius 1 is 1.12 bits per heavy atom. The zero-order valence-electron chi connectivity index (χ0n) is 18.5. The highest BCUT2D eigenvalue weighted by Crippen LogP contribution is 2.34. The Kier molecular flexibility index (Phi) is 7.45. The first-order valence-corrected chi connectivity index (χ1v) is 10.7. The quantitative estimate of drug-likeness (QED) is 0.670. The molecule has 0 unspecified atom stereocenters. The number of amides is 2. The number of alkyl halides is 3. The van der Waals surface area contributed by atoms with E-state index in [1.807, 2.05) is 14.0 Å². The third-order valence-corrected chi connectivity index (χ3v) is 5.79. The Morgan fingerprint density at radius 3 is 2.28 bits per heavy atom. The summed E-state index contributed by atoms with van der Waals surface area (Å²) in [6.45, 7) is 7.64. The Balaban J connectivity index is 2.04. The summed E-state index contributed by atoms with van der Waals surface area (Å²) in [5.41, 5.74) is 0.384. The third-order valence-electron chi connectivity index (χ3n) is 5.79. The molecule has 2 amide bonds. The number of likely N-dealkylation sites (N-methyl/N-ethyl adjacent to an activating group) is 2. The molecule has 0 radical (unpaired) electrons. The third kappa shape index (κ3) is 5.24. The Labute approximate surface area is 185 Å². The monoisotopic (exact) mass is 454 g/mol. The standard InChI is InChI=1S/C22H29F3N4O3/c1-4-29-17(14-28-12-10-27(3)11-13-28)18(20(30)32-5-2)19(26-21(29)31)15-6-8-16(9-7-15)22(23,24)25/h6-9,19H,4-5,10-14H2,1-3H3,(H,26,31)/t19-/m0/s1. The van der Waals surface area contributed by atoms with Crippen molar-refractivity contribution >= 4 is 12.0 Å². The molecular formula is C22H29F3N4O3. The molecule has 0 bridgehead atoms. The minimum atomic E-state index is -4.47. The molecule has 2 heterocycles. The molecule has 176 valence electrons. The van der Waals surface area contributed by atoms with E-state index in [9.17, 15) is 22.8 Å². The van der Waals surface area contributed by atoms with E-state index in [-0.39, 0.29) is 12.2 Å². The minimum absolute atomic E-state index is 0.143. The van der Waals surface area contributed by atoms with Crippen molar-refractivity contribution in [2.75, 3.05) is 52.9 Å². The van der Waals surface area contributed by atoms with Crippen LogP contribution in [0.5, 0.6) is 0 Å². The van der Waals surface area contributed by atoms with Gasteiger partial charge in [0.05, 0.1) is 23.8 Å². The van der Waals surface area contributed by atoms with Crippen molar-refractivity contribution in [3.8, 4) is 0 Å². The van der Waals surface area contributed by atoms with E-state index in [4.69, 9.17) is 4.74 Å². The first kappa shape index (κ1) is 24.1. The van der Waals surface area contributed by atoms with Gasteiger partial charge in [-0.3, -0.25) is 9.80 Å². The molecule has 1 saturated heterocycles. The molecule has 1 aromatic carbocycles. The number of carbonyl (C=O) groups is 2. The first-order valence-electron chi connectivity index (χ1n) is 10.7. The molecule has 32 heavy (non-hydrogen) atoms. The van der Waals surface area contributed by atoms with Crippen LogP contribution in [-0.4, -0.2) is 79.6 Å². The fourth-order valence-electron chi connectivity index (χ4n) is 3.99. The molecule has 10 heteroatoms. The molecule has 1 atom stereocenters. The van der Waals surface area contributed by atoms with Crippen LogP contribution >= 0.6 is 0 Å². The van der Waals surface area contributed by atoms with E-state index in [2.05, 4.69) is 15.1 Å². The molecule has 1 aromatic rings. The minimum Gasteiger partial charge on any atom is -0.463 e. The lowest BCUT2D eigenvalue weighted by molar-refractivity contribution is -0.139. The molecule has 3 rings (SSSR count). The molecule has 0 spiro atoms. The fourth-order valence-corrected chi connectivity index (χ4v) is 3.99. The molecule has 1 N–H and O–H groups in total. The Morgan fingerprint density at radius 2 is 1.75 bits per heavy atom. The van der Waals surface area contributed by atoms with E-state index < -0.39 is 29.8 Å². The van der Waals surface area contributed by atoms with Gasteiger partial charge in [-0.05, 0) is 38.6 Å². The topological polar surface area (TPSA) is 65.1 Å². The second kappa shape index (κ2) is 9.91. The van der Waals surface area contributed by atoms with Crippen LogP contribution in [0.25, 0.3) is 0 Å². The molecule has 0 saturated carbocycles. The summed E-state index contributed by atoms with van der Waals surface area (Å²) in [7, 11) is 2.04. The summed E-state index contributed by atoms with van der Waals surface area (Å²) in [5, 5.41) is 2.78. The van der Waals surface area contributed by atoms with Crippen molar-refractivity contribution in [2.24, 2.45) is 0 Å². The molecule has 2 aliphatic heterocycles. The predicted octanol–water partition coefficient (Wildman–Crippen LogP) is 2.86. The molecule has 7 nitrogen and oxygen atoms in total. The normalized spacial score (nSPS) is 21.0. The van der Waals surface area contributed by atoms with Crippen molar-refractivity contribution in [1.82, 2.24) is 20.0 Å². The van der Waals surface area contributed by atoms with Gasteiger partial charge in [-0.15, -0.1) is 0 Å². The van der Waals surface area contributed by atoms with E-state index in [0.717, 1.165) is 38.3 Å². The lowest BCUT2D eigenvalue weighted by atomic mass is 9.93. The van der Waals surface area contributed by atoms with Crippen LogP contribution in [-0.2, 0) is 15.7 Å². The number of carbonyl (C=O) groups excluding carboxylic acids is 2. The van der Waals surface area contributed by atoms with Crippen molar-refractivity contribution in [3.63, 3.8) is 0 Å². The van der Waals surface area contributed by atoms with Crippen molar-refractivity contribution in [2.45, 2.75) is 26.1 Å². The highest BCUT2D eigenvalue weighted by molar-refractivity contribution is 5.95. The summed E-state index contributed by atoms with van der Waals surface area (Å²) in [5.74, 6) is -0.583. The Bertz CT molecular complexity index is 862. The highest BCUT2D eigenvalue weighted by Gasteiger charge is 2.39. The maximum absolute atomic E-state index is 13.0. The van der Waals surface area contributed by atoms with Crippen LogP contribution in [0.3, 0.4) is 0 Å². The summed E-state index contributed by atoms with van der Waals surface area (Å²) in [4.78, 5) is 31.8. The zero-order valence-corrected chi connectivity index (χ0v) is 18.5. The first-order chi connectivity index (χ1) is 15.2. The summed E-state index contributed by atoms with van der Waals surface area (Å²) < 4.78 is 44.3. The summed E-state index contributed by atoms with van der Waals surface area (Å²) in [6.07, 6.45) is -4.47. The van der Waals surface area contributed by atoms with Gasteiger partial charge in [0, 0.05) is 45.0 Å². The number of piperazine rings is 1. The maximum Gasteiger partial charge on any atom is 0.416 e. The van der Waals surface area contributed by atoms with Crippen molar-refractivity contribution in [3.05, 3.63) is 46.7 Å². The average molecular weight is 454 g/mol. The lowest BCUT2D eigenvalue weighted by Crippen LogP contribution is -2.52. The Hall–Kier alpha value is -2.59. The second-order valence-corrected chi connectivity index (χ2v) is 7.91. The van der Waals surface area contributed by atoms with Gasteiger partial charge in [0.1, 0.15) is 0 Å². The largest absolute Gasteiger partial charge is 0.463 e. The zero-order chi connectivity index (χ0) is 23.5. The van der Waals surface area contributed by atoms with Gasteiger partial charge in [0.25, 0.3) is 0 Å². The van der Waals surface area contributed by atoms with Gasteiger partial charge in [0.2, 0.25) is 0 Å². The number of hydrogen-bond donors (Lipinski definition) is 1. The molecule has 2 aliphatic rings. The molecular weight excluding hydrogens is 425 g/mol. The van der Waals surface area contributed by atoms with Crippen molar-refractivity contribution in [1.29, 1.82) is 0 Å². The van der Waals surface area contributed by atoms with E-state index in [1.165, 1.54) is 17.0 Å². The number of rotatable bonds is 6. The summed E-state index contributed by atoms with van der Waals surface area (Å²) >= 11 is 0. The van der Waals surface area contributed by atoms with E-state index in [1.54, 1.807) is 6.92 Å². The second-order valence-electron chi connectivity index (χ2n) is 7.91. The van der Waals surface area contributed by atoms with Crippen LogP contribution in [0.1, 0.15) is 31.0 Å². The molecule has 0 aliphatic carbocycles. The number of ether oxygens (including phenoxy) is 1. The maximum atomic E-state index is 13.0. The van der Waals surface area contributed by atoms with Gasteiger partial charge in [-0.1, -0.05) is 12.1 Å². The highest BCUT2D eigenvalue weighted by atomic mass is 19.4. The smallest absolute Gasteiger partial charge is 0.416 e. The van der Waals surface area contributed by atoms with Gasteiger partial charge in [-0.25, -0.2) is 9.59 Å². The number of urea groups is 1. The number of benzene rings is 1. The van der Waals surface area contributed by atoms with E-state index >= 15 is 0 Å². The fraction of sp³-hybridized carbons (Fsp3) is 0.545. The molecule has 1 fully saturated rings. The van der Waals surface area contributed by atoms with Crippen LogP contribution in [0.4, 0.5) is 18.0 Å². The van der Waals surface area contributed by atoms with Gasteiger partial charge < -0.3 is 15.0 Å². The summed E-state index contributed by atoms with van der Waals surface area (Å²) in [6, 6.07) is 3.21. The van der Waals surface area contributed by atoms with Crippen LogP contribution in [0.15, 0.2) is 35.5 Å². The predicted molar refractivity (Wildman–Crippen MR) is 113 cm³/mol. The van der Waals surface area contributed by atoms with Crippen LogP contribution in [0.2, 0.25) is 0 Å². The number of esters is 1.